The van der Waals surface area contributed by atoms with Crippen molar-refractivity contribution in [3.05, 3.63) is 41.7 Å². The van der Waals surface area contributed by atoms with Gasteiger partial charge in [0.25, 0.3) is 0 Å². The summed E-state index contributed by atoms with van der Waals surface area (Å²) in [7, 11) is 0. The number of aldehydes is 1. The molecule has 110 valence electrons. The van der Waals surface area contributed by atoms with Gasteiger partial charge in [0.05, 0.1) is 17.2 Å². The molecule has 1 aliphatic rings. The molecule has 7 heteroatoms. The number of benzene rings is 1. The molecule has 0 spiro atoms. The van der Waals surface area contributed by atoms with Crippen LogP contribution in [0.15, 0.2) is 24.4 Å². The number of nitrogens with zero attached hydrogens (tertiary/aromatic N) is 4. The first kappa shape index (κ1) is 13.0. The zero-order valence-corrected chi connectivity index (χ0v) is 11.3. The van der Waals surface area contributed by atoms with Crippen molar-refractivity contribution in [1.82, 2.24) is 19.7 Å². The normalized spacial score (nSPS) is 14.5. The van der Waals surface area contributed by atoms with E-state index in [4.69, 9.17) is 0 Å². The summed E-state index contributed by atoms with van der Waals surface area (Å²) in [4.78, 5) is 15.2. The van der Waals surface area contributed by atoms with E-state index in [1.807, 2.05) is 4.57 Å². The second-order valence-electron chi connectivity index (χ2n) is 5.28. The van der Waals surface area contributed by atoms with Gasteiger partial charge in [-0.15, -0.1) is 5.10 Å². The summed E-state index contributed by atoms with van der Waals surface area (Å²) in [5.41, 5.74) is 1.71. The summed E-state index contributed by atoms with van der Waals surface area (Å²) < 4.78 is 28.9. The van der Waals surface area contributed by atoms with E-state index in [1.165, 1.54) is 6.20 Å². The van der Waals surface area contributed by atoms with Crippen LogP contribution >= 0.6 is 0 Å². The van der Waals surface area contributed by atoms with Crippen molar-refractivity contribution < 1.29 is 13.6 Å². The molecule has 0 N–H and O–H groups in total. The summed E-state index contributed by atoms with van der Waals surface area (Å²) >= 11 is 0. The van der Waals surface area contributed by atoms with Crippen LogP contribution in [0, 0.1) is 11.6 Å². The highest BCUT2D eigenvalue weighted by Crippen LogP contribution is 2.41. The number of hydrogen-bond donors (Lipinski definition) is 0. The number of rotatable bonds is 3. The summed E-state index contributed by atoms with van der Waals surface area (Å²) in [5.74, 6) is -1.29. The quantitative estimate of drug-likeness (QED) is 0.698. The Labute approximate surface area is 123 Å². The van der Waals surface area contributed by atoms with Gasteiger partial charge in [-0.2, -0.15) is 5.10 Å². The molecule has 1 saturated carbocycles. The van der Waals surface area contributed by atoms with Crippen molar-refractivity contribution in [2.45, 2.75) is 18.9 Å². The molecule has 2 aromatic heterocycles. The van der Waals surface area contributed by atoms with E-state index >= 15 is 0 Å². The molecule has 1 aromatic carbocycles. The van der Waals surface area contributed by atoms with E-state index in [0.717, 1.165) is 25.0 Å². The Morgan fingerprint density at radius 1 is 1.18 bits per heavy atom. The van der Waals surface area contributed by atoms with Crippen LogP contribution in [0.2, 0.25) is 0 Å². The topological polar surface area (TPSA) is 60.7 Å². The van der Waals surface area contributed by atoms with Crippen molar-refractivity contribution in [3.63, 3.8) is 0 Å². The molecule has 0 unspecified atom stereocenters. The van der Waals surface area contributed by atoms with E-state index in [2.05, 4.69) is 15.2 Å². The highest BCUT2D eigenvalue weighted by atomic mass is 19.2. The monoisotopic (exact) mass is 300 g/mol. The van der Waals surface area contributed by atoms with Crippen LogP contribution in [0.3, 0.4) is 0 Å². The molecule has 0 amide bonds. The van der Waals surface area contributed by atoms with Gasteiger partial charge in [0.2, 0.25) is 0 Å². The number of carbonyl (C=O) groups is 1. The van der Waals surface area contributed by atoms with E-state index in [9.17, 15) is 13.6 Å². The highest BCUT2D eigenvalue weighted by Gasteiger charge is 2.29. The molecule has 0 atom stereocenters. The summed E-state index contributed by atoms with van der Waals surface area (Å²) in [6.45, 7) is 0. The SMILES string of the molecule is O=Cc1cc(-c2nc3cc(F)c(F)cc3n2C2CC2)cnn1. The van der Waals surface area contributed by atoms with Gasteiger partial charge >= 0.3 is 0 Å². The van der Waals surface area contributed by atoms with Crippen LogP contribution in [0.5, 0.6) is 0 Å². The van der Waals surface area contributed by atoms with Gasteiger partial charge in [0, 0.05) is 23.7 Å². The van der Waals surface area contributed by atoms with Gasteiger partial charge in [-0.05, 0) is 18.9 Å². The zero-order valence-electron chi connectivity index (χ0n) is 11.3. The Kier molecular flexibility index (Phi) is 2.75. The molecule has 22 heavy (non-hydrogen) atoms. The predicted octanol–water partition coefficient (Wildman–Crippen LogP) is 2.92. The van der Waals surface area contributed by atoms with Crippen LogP contribution in [0.1, 0.15) is 29.4 Å². The molecule has 5 nitrogen and oxygen atoms in total. The number of halogens is 2. The third kappa shape index (κ3) is 1.97. The minimum absolute atomic E-state index is 0.185. The third-order valence-electron chi connectivity index (χ3n) is 3.70. The molecule has 0 aliphatic heterocycles. The van der Waals surface area contributed by atoms with Crippen LogP contribution in [-0.4, -0.2) is 26.0 Å². The lowest BCUT2D eigenvalue weighted by Crippen LogP contribution is -2.00. The molecule has 1 fully saturated rings. The van der Waals surface area contributed by atoms with Crippen LogP contribution in [-0.2, 0) is 0 Å². The Morgan fingerprint density at radius 2 is 1.95 bits per heavy atom. The molecule has 0 bridgehead atoms. The lowest BCUT2D eigenvalue weighted by molar-refractivity contribution is 0.111. The largest absolute Gasteiger partial charge is 0.321 e. The molecule has 1 aliphatic carbocycles. The average molecular weight is 300 g/mol. The minimum atomic E-state index is -0.930. The molecule has 2 heterocycles. The van der Waals surface area contributed by atoms with Crippen LogP contribution < -0.4 is 0 Å². The van der Waals surface area contributed by atoms with Crippen molar-refractivity contribution in [1.29, 1.82) is 0 Å². The number of carbonyl (C=O) groups excluding carboxylic acids is 1. The maximum Gasteiger partial charge on any atom is 0.170 e. The van der Waals surface area contributed by atoms with Gasteiger partial charge in [-0.3, -0.25) is 4.79 Å². The highest BCUT2D eigenvalue weighted by molar-refractivity contribution is 5.82. The molecular weight excluding hydrogens is 290 g/mol. The van der Waals surface area contributed by atoms with E-state index in [1.54, 1.807) is 6.07 Å². The Balaban J connectivity index is 2.00. The van der Waals surface area contributed by atoms with Gasteiger partial charge in [-0.25, -0.2) is 13.8 Å². The number of aromatic nitrogens is 4. The summed E-state index contributed by atoms with van der Waals surface area (Å²) in [6.07, 6.45) is 3.99. The van der Waals surface area contributed by atoms with E-state index in [0.29, 0.717) is 28.7 Å². The van der Waals surface area contributed by atoms with Crippen molar-refractivity contribution >= 4 is 17.3 Å². The molecular formula is C15H10F2N4O. The van der Waals surface area contributed by atoms with E-state index < -0.39 is 11.6 Å². The van der Waals surface area contributed by atoms with Gasteiger partial charge in [-0.1, -0.05) is 0 Å². The third-order valence-corrected chi connectivity index (χ3v) is 3.70. The second kappa shape index (κ2) is 4.66. The maximum atomic E-state index is 13.6. The van der Waals surface area contributed by atoms with Crippen molar-refractivity contribution in [3.8, 4) is 11.4 Å². The predicted molar refractivity (Wildman–Crippen MR) is 74.3 cm³/mol. The fourth-order valence-corrected chi connectivity index (χ4v) is 2.56. The van der Waals surface area contributed by atoms with E-state index in [-0.39, 0.29) is 11.7 Å². The molecule has 0 radical (unpaired) electrons. The summed E-state index contributed by atoms with van der Waals surface area (Å²) in [5, 5.41) is 7.46. The Morgan fingerprint density at radius 3 is 2.68 bits per heavy atom. The van der Waals surface area contributed by atoms with Crippen molar-refractivity contribution in [2.75, 3.05) is 0 Å². The lowest BCUT2D eigenvalue weighted by Gasteiger charge is -2.07. The molecule has 4 rings (SSSR count). The Hall–Kier alpha value is -2.70. The first-order valence-electron chi connectivity index (χ1n) is 6.82. The van der Waals surface area contributed by atoms with Gasteiger partial charge in [0.15, 0.2) is 17.9 Å². The fraction of sp³-hybridized carbons (Fsp3) is 0.200. The second-order valence-corrected chi connectivity index (χ2v) is 5.28. The maximum absolute atomic E-state index is 13.6. The fourth-order valence-electron chi connectivity index (χ4n) is 2.56. The smallest absolute Gasteiger partial charge is 0.170 e. The first-order valence-corrected chi connectivity index (χ1v) is 6.82. The Bertz CT molecular complexity index is 902. The number of imidazole rings is 1. The van der Waals surface area contributed by atoms with Gasteiger partial charge < -0.3 is 4.57 Å². The molecule has 3 aromatic rings. The lowest BCUT2D eigenvalue weighted by atomic mass is 10.2. The van der Waals surface area contributed by atoms with Crippen LogP contribution in [0.4, 0.5) is 8.78 Å². The minimum Gasteiger partial charge on any atom is -0.321 e. The first-order chi connectivity index (χ1) is 10.7. The van der Waals surface area contributed by atoms with Crippen LogP contribution in [0.25, 0.3) is 22.4 Å². The summed E-state index contributed by atoms with van der Waals surface area (Å²) in [6, 6.07) is 4.02. The number of fused-ring (bicyclic) bond motifs is 1. The van der Waals surface area contributed by atoms with Gasteiger partial charge in [0.1, 0.15) is 11.5 Å². The number of hydrogen-bond acceptors (Lipinski definition) is 4. The molecule has 0 saturated heterocycles. The zero-order chi connectivity index (χ0) is 15.3. The average Bonchev–Trinajstić information content (AvgIpc) is 3.30. The standard InChI is InChI=1S/C15H10F2N4O/c16-11-4-13-14(5-12(11)17)21(10-1-2-10)15(19-13)8-3-9(7-22)20-18-6-8/h3-7,10H,1-2H2. The van der Waals surface area contributed by atoms with Crippen molar-refractivity contribution in [2.24, 2.45) is 0 Å².